The van der Waals surface area contributed by atoms with E-state index in [0.29, 0.717) is 0 Å². The van der Waals surface area contributed by atoms with Crippen molar-refractivity contribution in [1.82, 2.24) is 10.2 Å². The second kappa shape index (κ2) is 7.91. The van der Waals surface area contributed by atoms with E-state index in [1.807, 2.05) is 0 Å². The lowest BCUT2D eigenvalue weighted by atomic mass is 10.1. The molecular formula is C13H21F3N2O4. The van der Waals surface area contributed by atoms with Crippen molar-refractivity contribution in [3.05, 3.63) is 12.2 Å². The molecule has 0 saturated carbocycles. The van der Waals surface area contributed by atoms with Crippen LogP contribution in [0.5, 0.6) is 0 Å². The Bertz CT molecular complexity index is 403. The normalized spacial score (nSPS) is 30.1. The summed E-state index contributed by atoms with van der Waals surface area (Å²) in [7, 11) is 1.42. The van der Waals surface area contributed by atoms with Crippen molar-refractivity contribution in [3.8, 4) is 0 Å². The van der Waals surface area contributed by atoms with Gasteiger partial charge in [-0.05, 0) is 6.42 Å². The third-order valence-electron chi connectivity index (χ3n) is 3.71. The van der Waals surface area contributed by atoms with Crippen molar-refractivity contribution in [3.63, 3.8) is 0 Å². The first kappa shape index (κ1) is 18.9. The van der Waals surface area contributed by atoms with Crippen LogP contribution in [0.15, 0.2) is 12.2 Å². The third-order valence-corrected chi connectivity index (χ3v) is 3.71. The van der Waals surface area contributed by atoms with Crippen molar-refractivity contribution in [2.45, 2.75) is 43.3 Å². The van der Waals surface area contributed by atoms with Gasteiger partial charge in [-0.1, -0.05) is 6.08 Å². The third kappa shape index (κ3) is 4.94. The fraction of sp³-hybridized carbons (Fsp3) is 0.769. The van der Waals surface area contributed by atoms with Crippen LogP contribution in [0.2, 0.25) is 0 Å². The number of carbonyl (C=O) groups excluding carboxylic acids is 1. The monoisotopic (exact) mass is 326 g/mol. The van der Waals surface area contributed by atoms with Crippen LogP contribution < -0.4 is 5.32 Å². The summed E-state index contributed by atoms with van der Waals surface area (Å²) in [5.41, 5.74) is 0. The number of aliphatic hydroxyl groups is 3. The zero-order valence-corrected chi connectivity index (χ0v) is 12.1. The molecule has 1 heterocycles. The van der Waals surface area contributed by atoms with Crippen LogP contribution >= 0.6 is 0 Å². The Balaban J connectivity index is 2.75. The maximum absolute atomic E-state index is 12.0. The Labute approximate surface area is 126 Å². The summed E-state index contributed by atoms with van der Waals surface area (Å²) in [5.74, 6) is -0.370. The number of alkyl halides is 3. The Kier molecular flexibility index (Phi) is 6.79. The Morgan fingerprint density at radius 3 is 2.36 bits per heavy atom. The van der Waals surface area contributed by atoms with Crippen LogP contribution in [0, 0.1) is 0 Å². The van der Waals surface area contributed by atoms with Crippen molar-refractivity contribution in [2.24, 2.45) is 0 Å². The van der Waals surface area contributed by atoms with Gasteiger partial charge in [0.25, 0.3) is 0 Å². The number of nitrogens with zero attached hydrogens (tertiary/aromatic N) is 1. The van der Waals surface area contributed by atoms with E-state index in [-0.39, 0.29) is 31.4 Å². The van der Waals surface area contributed by atoms with Crippen molar-refractivity contribution in [2.75, 3.05) is 20.2 Å². The molecule has 1 aliphatic rings. The minimum absolute atomic E-state index is 0.0136. The number of nitrogens with one attached hydrogen (secondary N) is 1. The summed E-state index contributed by atoms with van der Waals surface area (Å²) in [6.07, 6.45) is -5.97. The molecule has 9 heteroatoms. The zero-order chi connectivity index (χ0) is 16.9. The first-order valence-electron chi connectivity index (χ1n) is 6.89. The molecule has 4 atom stereocenters. The average molecular weight is 326 g/mol. The molecule has 0 aromatic rings. The van der Waals surface area contributed by atoms with Gasteiger partial charge in [0.15, 0.2) is 0 Å². The van der Waals surface area contributed by atoms with Crippen LogP contribution in [-0.4, -0.2) is 76.8 Å². The van der Waals surface area contributed by atoms with E-state index in [1.54, 1.807) is 0 Å². The largest absolute Gasteiger partial charge is 0.409 e. The average Bonchev–Trinajstić information content (AvgIpc) is 2.66. The molecule has 0 aliphatic carbocycles. The molecule has 4 N–H and O–H groups in total. The topological polar surface area (TPSA) is 93.0 Å². The number of carbonyl (C=O) groups is 1. The van der Waals surface area contributed by atoms with E-state index in [2.05, 4.69) is 5.32 Å². The SMILES string of the molecule is CNC(=O)CC1[C@@H](O)[C@H](O)[C@@H](CO)N1CC/C=C\C(F)(F)F. The van der Waals surface area contributed by atoms with E-state index in [1.165, 1.54) is 11.9 Å². The summed E-state index contributed by atoms with van der Waals surface area (Å²) in [5, 5.41) is 31.6. The van der Waals surface area contributed by atoms with Crippen LogP contribution in [0.4, 0.5) is 13.2 Å². The minimum atomic E-state index is -4.40. The molecule has 128 valence electrons. The summed E-state index contributed by atoms with van der Waals surface area (Å²) in [6.45, 7) is -0.390. The maximum atomic E-state index is 12.0. The highest BCUT2D eigenvalue weighted by Crippen LogP contribution is 2.28. The van der Waals surface area contributed by atoms with E-state index < -0.39 is 37.1 Å². The van der Waals surface area contributed by atoms with Gasteiger partial charge in [-0.3, -0.25) is 9.69 Å². The highest BCUT2D eigenvalue weighted by molar-refractivity contribution is 5.76. The Morgan fingerprint density at radius 1 is 1.27 bits per heavy atom. The van der Waals surface area contributed by atoms with E-state index in [0.717, 1.165) is 6.08 Å². The molecule has 1 aliphatic heterocycles. The predicted molar refractivity (Wildman–Crippen MR) is 71.9 cm³/mol. The maximum Gasteiger partial charge on any atom is 0.409 e. The zero-order valence-electron chi connectivity index (χ0n) is 12.1. The molecule has 1 rings (SSSR count). The molecule has 22 heavy (non-hydrogen) atoms. The number of hydrogen-bond acceptors (Lipinski definition) is 5. The van der Waals surface area contributed by atoms with Crippen LogP contribution in [0.3, 0.4) is 0 Å². The molecule has 0 aromatic carbocycles. The number of halogens is 3. The molecule has 6 nitrogen and oxygen atoms in total. The second-order valence-electron chi connectivity index (χ2n) is 5.15. The van der Waals surface area contributed by atoms with E-state index in [4.69, 9.17) is 0 Å². The summed E-state index contributed by atoms with van der Waals surface area (Å²) in [4.78, 5) is 12.9. The lowest BCUT2D eigenvalue weighted by Gasteiger charge is -2.28. The second-order valence-corrected chi connectivity index (χ2v) is 5.15. The van der Waals surface area contributed by atoms with Crippen LogP contribution in [0.1, 0.15) is 12.8 Å². The first-order chi connectivity index (χ1) is 10.2. The fourth-order valence-corrected chi connectivity index (χ4v) is 2.61. The fourth-order valence-electron chi connectivity index (χ4n) is 2.61. The van der Waals surface area contributed by atoms with Gasteiger partial charge in [-0.15, -0.1) is 0 Å². The van der Waals surface area contributed by atoms with E-state index >= 15 is 0 Å². The van der Waals surface area contributed by atoms with Gasteiger partial charge in [0.2, 0.25) is 5.91 Å². The lowest BCUT2D eigenvalue weighted by molar-refractivity contribution is -0.122. The molecule has 1 saturated heterocycles. The van der Waals surface area contributed by atoms with Crippen LogP contribution in [-0.2, 0) is 4.79 Å². The molecular weight excluding hydrogens is 305 g/mol. The Hall–Kier alpha value is -1.16. The molecule has 1 fully saturated rings. The molecule has 0 bridgehead atoms. The minimum Gasteiger partial charge on any atom is -0.395 e. The molecule has 0 aromatic heterocycles. The summed E-state index contributed by atoms with van der Waals surface area (Å²) in [6, 6.07) is -1.57. The summed E-state index contributed by atoms with van der Waals surface area (Å²) >= 11 is 0. The van der Waals surface area contributed by atoms with Gasteiger partial charge in [0.05, 0.1) is 24.9 Å². The standard InChI is InChI=1S/C13H21F3N2O4/c1-17-10(20)6-8-11(21)12(22)9(7-19)18(8)5-3-2-4-13(14,15)16/h2,4,8-9,11-12,19,21-22H,3,5-7H2,1H3,(H,17,20)/b4-2-/t8?,9-,11-,12-/m1/s1. The number of allylic oxidation sites excluding steroid dienone is 1. The summed E-state index contributed by atoms with van der Waals surface area (Å²) < 4.78 is 36.1. The molecule has 1 unspecified atom stereocenters. The number of hydrogen-bond donors (Lipinski definition) is 4. The van der Waals surface area contributed by atoms with Crippen molar-refractivity contribution >= 4 is 5.91 Å². The predicted octanol–water partition coefficient (Wildman–Crippen LogP) is -0.602. The van der Waals surface area contributed by atoms with Gasteiger partial charge >= 0.3 is 6.18 Å². The number of amides is 1. The van der Waals surface area contributed by atoms with Gasteiger partial charge in [0.1, 0.15) is 0 Å². The first-order valence-corrected chi connectivity index (χ1v) is 6.89. The Morgan fingerprint density at radius 2 is 1.86 bits per heavy atom. The quantitative estimate of drug-likeness (QED) is 0.489. The van der Waals surface area contributed by atoms with E-state index in [9.17, 15) is 33.3 Å². The van der Waals surface area contributed by atoms with Gasteiger partial charge < -0.3 is 20.6 Å². The highest BCUT2D eigenvalue weighted by Gasteiger charge is 2.47. The van der Waals surface area contributed by atoms with Gasteiger partial charge in [0, 0.05) is 32.1 Å². The number of aliphatic hydroxyl groups excluding tert-OH is 3. The molecule has 1 amide bonds. The highest BCUT2D eigenvalue weighted by atomic mass is 19.4. The number of rotatable bonds is 6. The smallest absolute Gasteiger partial charge is 0.395 e. The van der Waals surface area contributed by atoms with Crippen molar-refractivity contribution in [1.29, 1.82) is 0 Å². The van der Waals surface area contributed by atoms with Gasteiger partial charge in [-0.25, -0.2) is 0 Å². The lowest BCUT2D eigenvalue weighted by Crippen LogP contribution is -2.43. The molecule has 0 radical (unpaired) electrons. The van der Waals surface area contributed by atoms with Gasteiger partial charge in [-0.2, -0.15) is 13.2 Å². The molecule has 0 spiro atoms. The van der Waals surface area contributed by atoms with Crippen LogP contribution in [0.25, 0.3) is 0 Å². The number of likely N-dealkylation sites (tertiary alicyclic amines) is 1. The van der Waals surface area contributed by atoms with Crippen molar-refractivity contribution < 1.29 is 33.3 Å².